The van der Waals surface area contributed by atoms with Gasteiger partial charge in [-0.3, -0.25) is 14.6 Å². The maximum Gasteiger partial charge on any atom is 0.269 e. The molecule has 0 aliphatic rings. The van der Waals surface area contributed by atoms with Gasteiger partial charge in [0.2, 0.25) is 0 Å². The molecule has 3 rings (SSSR count). The second kappa shape index (κ2) is 9.54. The third-order valence-electron chi connectivity index (χ3n) is 4.29. The van der Waals surface area contributed by atoms with Crippen molar-refractivity contribution >= 4 is 11.8 Å². The number of nitrogens with zero attached hydrogens (tertiary/aromatic N) is 1. The molecule has 0 aliphatic heterocycles. The van der Waals surface area contributed by atoms with Crippen molar-refractivity contribution in [2.24, 2.45) is 0 Å². The van der Waals surface area contributed by atoms with E-state index in [1.807, 2.05) is 0 Å². The summed E-state index contributed by atoms with van der Waals surface area (Å²) in [5.74, 6) is -1.65. The highest BCUT2D eigenvalue weighted by atomic mass is 19.1. The van der Waals surface area contributed by atoms with Crippen molar-refractivity contribution < 1.29 is 18.4 Å². The Balaban J connectivity index is 1.56. The maximum atomic E-state index is 13.6. The molecule has 1 aromatic heterocycles. The van der Waals surface area contributed by atoms with E-state index in [1.165, 1.54) is 30.5 Å². The van der Waals surface area contributed by atoms with Gasteiger partial charge >= 0.3 is 0 Å². The van der Waals surface area contributed by atoms with Crippen molar-refractivity contribution in [3.63, 3.8) is 0 Å². The molecule has 7 heteroatoms. The van der Waals surface area contributed by atoms with E-state index in [2.05, 4.69) is 15.6 Å². The van der Waals surface area contributed by atoms with E-state index in [9.17, 15) is 18.4 Å². The first-order chi connectivity index (χ1) is 14.0. The average Bonchev–Trinajstić information content (AvgIpc) is 2.74. The Morgan fingerprint density at radius 3 is 2.17 bits per heavy atom. The topological polar surface area (TPSA) is 71.1 Å². The lowest BCUT2D eigenvalue weighted by atomic mass is 10.1. The van der Waals surface area contributed by atoms with Crippen LogP contribution in [0.3, 0.4) is 0 Å². The highest BCUT2D eigenvalue weighted by Crippen LogP contribution is 2.08. The molecule has 0 bridgehead atoms. The molecule has 2 N–H and O–H groups in total. The highest BCUT2D eigenvalue weighted by molar-refractivity contribution is 5.98. The Kier molecular flexibility index (Phi) is 6.63. The monoisotopic (exact) mass is 395 g/mol. The van der Waals surface area contributed by atoms with Crippen LogP contribution in [0.2, 0.25) is 0 Å². The number of hydrogen-bond acceptors (Lipinski definition) is 3. The van der Waals surface area contributed by atoms with Gasteiger partial charge in [-0.25, -0.2) is 8.78 Å². The molecule has 5 nitrogen and oxygen atoms in total. The summed E-state index contributed by atoms with van der Waals surface area (Å²) in [6.45, 7) is 0.253. The third kappa shape index (κ3) is 5.44. The Morgan fingerprint density at radius 1 is 0.828 bits per heavy atom. The fourth-order valence-corrected chi connectivity index (χ4v) is 2.72. The SMILES string of the molecule is O=C(NCc1ccccc1F)c1ccnc(C(=O)NCCc2ccccc2F)c1. The Labute approximate surface area is 166 Å². The van der Waals surface area contributed by atoms with Crippen LogP contribution in [0.4, 0.5) is 8.78 Å². The number of halogens is 2. The molecular weight excluding hydrogens is 376 g/mol. The maximum absolute atomic E-state index is 13.6. The minimum absolute atomic E-state index is 0.0258. The quantitative estimate of drug-likeness (QED) is 0.645. The van der Waals surface area contributed by atoms with Crippen LogP contribution in [0.5, 0.6) is 0 Å². The molecular formula is C22H19F2N3O2. The van der Waals surface area contributed by atoms with Crippen molar-refractivity contribution in [2.75, 3.05) is 6.54 Å². The summed E-state index contributed by atoms with van der Waals surface area (Å²) >= 11 is 0. The van der Waals surface area contributed by atoms with E-state index in [4.69, 9.17) is 0 Å². The zero-order valence-electron chi connectivity index (χ0n) is 15.5. The number of hydrogen-bond donors (Lipinski definition) is 2. The Hall–Kier alpha value is -3.61. The minimum Gasteiger partial charge on any atom is -0.350 e. The number of amides is 2. The Morgan fingerprint density at radius 2 is 1.48 bits per heavy atom. The van der Waals surface area contributed by atoms with E-state index in [1.54, 1.807) is 36.4 Å². The smallest absolute Gasteiger partial charge is 0.269 e. The number of rotatable bonds is 7. The first-order valence-electron chi connectivity index (χ1n) is 9.04. The predicted octanol–water partition coefficient (Wildman–Crippen LogP) is 3.26. The third-order valence-corrected chi connectivity index (χ3v) is 4.29. The van der Waals surface area contributed by atoms with Crippen LogP contribution in [-0.2, 0) is 13.0 Å². The number of carbonyl (C=O) groups is 2. The molecule has 0 unspecified atom stereocenters. The standard InChI is InChI=1S/C22H19F2N3O2/c23-18-7-3-1-5-15(18)9-12-26-22(29)20-13-16(10-11-25-20)21(28)27-14-17-6-2-4-8-19(17)24/h1-8,10-11,13H,9,12,14H2,(H,26,29)(H,27,28). The van der Waals surface area contributed by atoms with Crippen molar-refractivity contribution in [2.45, 2.75) is 13.0 Å². The van der Waals surface area contributed by atoms with Crippen LogP contribution in [0, 0.1) is 11.6 Å². The summed E-state index contributed by atoms with van der Waals surface area (Å²) in [5, 5.41) is 5.27. The van der Waals surface area contributed by atoms with Crippen molar-refractivity contribution in [1.82, 2.24) is 15.6 Å². The lowest BCUT2D eigenvalue weighted by Gasteiger charge is -2.08. The molecule has 29 heavy (non-hydrogen) atoms. The van der Waals surface area contributed by atoms with Gasteiger partial charge in [0.15, 0.2) is 0 Å². The highest BCUT2D eigenvalue weighted by Gasteiger charge is 2.12. The number of carbonyl (C=O) groups excluding carboxylic acids is 2. The van der Waals surface area contributed by atoms with Gasteiger partial charge in [0, 0.05) is 30.4 Å². The largest absolute Gasteiger partial charge is 0.350 e. The molecule has 0 atom stereocenters. The van der Waals surface area contributed by atoms with E-state index >= 15 is 0 Å². The normalized spacial score (nSPS) is 10.4. The zero-order chi connectivity index (χ0) is 20.6. The van der Waals surface area contributed by atoms with Gasteiger partial charge in [0.05, 0.1) is 0 Å². The second-order valence-electron chi connectivity index (χ2n) is 6.30. The van der Waals surface area contributed by atoms with Crippen LogP contribution in [-0.4, -0.2) is 23.3 Å². The van der Waals surface area contributed by atoms with Crippen molar-refractivity contribution in [3.8, 4) is 0 Å². The molecule has 0 spiro atoms. The van der Waals surface area contributed by atoms with Gasteiger partial charge in [-0.2, -0.15) is 0 Å². The molecule has 0 saturated heterocycles. The van der Waals surface area contributed by atoms with Crippen LogP contribution in [0.25, 0.3) is 0 Å². The molecule has 2 aromatic carbocycles. The van der Waals surface area contributed by atoms with E-state index in [0.717, 1.165) is 0 Å². The molecule has 3 aromatic rings. The zero-order valence-corrected chi connectivity index (χ0v) is 15.5. The molecule has 2 amide bonds. The van der Waals surface area contributed by atoms with E-state index < -0.39 is 17.6 Å². The van der Waals surface area contributed by atoms with Crippen LogP contribution < -0.4 is 10.6 Å². The van der Waals surface area contributed by atoms with Crippen LogP contribution in [0.15, 0.2) is 66.9 Å². The molecule has 0 saturated carbocycles. The summed E-state index contributed by atoms with van der Waals surface area (Å²) in [6, 6.07) is 15.3. The van der Waals surface area contributed by atoms with Gasteiger partial charge in [0.1, 0.15) is 17.3 Å². The number of pyridine rings is 1. The fraction of sp³-hybridized carbons (Fsp3) is 0.136. The van der Waals surface area contributed by atoms with Crippen LogP contribution >= 0.6 is 0 Å². The fourth-order valence-electron chi connectivity index (χ4n) is 2.72. The Bertz CT molecular complexity index is 1020. The summed E-state index contributed by atoms with van der Waals surface area (Å²) in [4.78, 5) is 28.5. The molecule has 148 valence electrons. The van der Waals surface area contributed by atoms with Gasteiger partial charge in [0.25, 0.3) is 11.8 Å². The van der Waals surface area contributed by atoms with Gasteiger partial charge in [-0.05, 0) is 36.2 Å². The molecule has 0 aliphatic carbocycles. The number of aromatic nitrogens is 1. The molecule has 0 radical (unpaired) electrons. The van der Waals surface area contributed by atoms with Crippen molar-refractivity contribution in [3.05, 3.63) is 101 Å². The number of benzene rings is 2. The predicted molar refractivity (Wildman–Crippen MR) is 104 cm³/mol. The van der Waals surface area contributed by atoms with Gasteiger partial charge < -0.3 is 10.6 Å². The summed E-state index contributed by atoms with van der Waals surface area (Å²) in [6.07, 6.45) is 1.69. The first-order valence-corrected chi connectivity index (χ1v) is 9.04. The first kappa shape index (κ1) is 20.1. The molecule has 1 heterocycles. The lowest BCUT2D eigenvalue weighted by Crippen LogP contribution is -2.28. The minimum atomic E-state index is -0.468. The van der Waals surface area contributed by atoms with Gasteiger partial charge in [-0.15, -0.1) is 0 Å². The lowest BCUT2D eigenvalue weighted by molar-refractivity contribution is 0.0949. The summed E-state index contributed by atoms with van der Waals surface area (Å²) in [7, 11) is 0. The summed E-state index contributed by atoms with van der Waals surface area (Å²) < 4.78 is 27.2. The van der Waals surface area contributed by atoms with Crippen LogP contribution in [0.1, 0.15) is 32.0 Å². The van der Waals surface area contributed by atoms with E-state index in [-0.39, 0.29) is 30.2 Å². The average molecular weight is 395 g/mol. The van der Waals surface area contributed by atoms with E-state index in [0.29, 0.717) is 17.5 Å². The van der Waals surface area contributed by atoms with Crippen molar-refractivity contribution in [1.29, 1.82) is 0 Å². The second-order valence-corrected chi connectivity index (χ2v) is 6.30. The summed E-state index contributed by atoms with van der Waals surface area (Å²) in [5.41, 5.74) is 1.16. The van der Waals surface area contributed by atoms with Gasteiger partial charge in [-0.1, -0.05) is 36.4 Å². The molecule has 0 fully saturated rings. The number of nitrogens with one attached hydrogen (secondary N) is 2.